The van der Waals surface area contributed by atoms with Gasteiger partial charge in [-0.1, -0.05) is 31.5 Å². The summed E-state index contributed by atoms with van der Waals surface area (Å²) in [6.07, 6.45) is 10.6. The molecule has 0 aliphatic heterocycles. The standard InChI is InChI=1S/C26H23N5O2/c1-2-3-10-28-26(33)31-11-8-17-6-7-18(13-23(17)31)24(32)22-16-30-25-21(22)12-20(15-29-25)19-5-4-9-27-14-19/h4-9,11-16H,2-3,10H2,1H3,(H,28,33)(H,29,30). The van der Waals surface area contributed by atoms with E-state index in [9.17, 15) is 9.59 Å². The van der Waals surface area contributed by atoms with Gasteiger partial charge in [-0.3, -0.25) is 14.3 Å². The number of nitrogens with zero attached hydrogens (tertiary/aromatic N) is 3. The van der Waals surface area contributed by atoms with Crippen LogP contribution in [-0.4, -0.2) is 37.9 Å². The van der Waals surface area contributed by atoms with Crippen LogP contribution in [0, 0.1) is 0 Å². The van der Waals surface area contributed by atoms with Crippen molar-refractivity contribution in [2.24, 2.45) is 0 Å². The smallest absolute Gasteiger partial charge is 0.326 e. The molecule has 4 aromatic heterocycles. The first kappa shape index (κ1) is 20.6. The molecule has 0 bridgehead atoms. The highest BCUT2D eigenvalue weighted by Crippen LogP contribution is 2.27. The zero-order valence-electron chi connectivity index (χ0n) is 18.2. The fourth-order valence-electron chi connectivity index (χ4n) is 3.94. The Kier molecular flexibility index (Phi) is 5.44. The lowest BCUT2D eigenvalue weighted by Gasteiger charge is -2.08. The van der Waals surface area contributed by atoms with Crippen molar-refractivity contribution in [3.8, 4) is 11.1 Å². The molecular weight excluding hydrogens is 414 g/mol. The van der Waals surface area contributed by atoms with Crippen molar-refractivity contribution in [1.29, 1.82) is 0 Å². The van der Waals surface area contributed by atoms with E-state index in [4.69, 9.17) is 0 Å². The number of hydrogen-bond acceptors (Lipinski definition) is 4. The van der Waals surface area contributed by atoms with Crippen LogP contribution in [-0.2, 0) is 0 Å². The van der Waals surface area contributed by atoms with Crippen molar-refractivity contribution in [2.75, 3.05) is 6.54 Å². The number of rotatable bonds is 6. The molecule has 0 atom stereocenters. The summed E-state index contributed by atoms with van der Waals surface area (Å²) in [5.74, 6) is -0.132. The van der Waals surface area contributed by atoms with Crippen LogP contribution in [0.3, 0.4) is 0 Å². The Bertz CT molecular complexity index is 1470. The molecule has 0 saturated carbocycles. The van der Waals surface area contributed by atoms with Crippen LogP contribution in [0.1, 0.15) is 35.7 Å². The van der Waals surface area contributed by atoms with Crippen LogP contribution in [0.4, 0.5) is 4.79 Å². The number of H-pyrrole nitrogens is 1. The van der Waals surface area contributed by atoms with Gasteiger partial charge in [-0.2, -0.15) is 0 Å². The van der Waals surface area contributed by atoms with E-state index in [-0.39, 0.29) is 11.8 Å². The second kappa shape index (κ2) is 8.70. The number of nitrogens with one attached hydrogen (secondary N) is 2. The van der Waals surface area contributed by atoms with Crippen molar-refractivity contribution in [3.63, 3.8) is 0 Å². The van der Waals surface area contributed by atoms with Crippen molar-refractivity contribution in [2.45, 2.75) is 19.8 Å². The molecule has 0 saturated heterocycles. The summed E-state index contributed by atoms with van der Waals surface area (Å²) >= 11 is 0. The van der Waals surface area contributed by atoms with Gasteiger partial charge in [-0.15, -0.1) is 0 Å². The molecule has 7 nitrogen and oxygen atoms in total. The zero-order valence-corrected chi connectivity index (χ0v) is 18.2. The van der Waals surface area contributed by atoms with Gasteiger partial charge < -0.3 is 10.3 Å². The number of aromatic nitrogens is 4. The Morgan fingerprint density at radius 1 is 1.09 bits per heavy atom. The molecule has 5 aromatic rings. The molecule has 2 N–H and O–H groups in total. The molecule has 0 aliphatic rings. The second-order valence-electron chi connectivity index (χ2n) is 7.94. The highest BCUT2D eigenvalue weighted by molar-refractivity contribution is 6.17. The largest absolute Gasteiger partial charge is 0.345 e. The third-order valence-corrected chi connectivity index (χ3v) is 5.75. The summed E-state index contributed by atoms with van der Waals surface area (Å²) in [5.41, 5.74) is 4.20. The van der Waals surface area contributed by atoms with E-state index in [1.165, 1.54) is 0 Å². The first-order chi connectivity index (χ1) is 16.2. The molecule has 0 aliphatic carbocycles. The highest BCUT2D eigenvalue weighted by Gasteiger charge is 2.18. The number of fused-ring (bicyclic) bond motifs is 2. The third kappa shape index (κ3) is 3.89. The van der Waals surface area contributed by atoms with Gasteiger partial charge in [0.15, 0.2) is 5.78 Å². The minimum absolute atomic E-state index is 0.132. The molecule has 0 unspecified atom stereocenters. The quantitative estimate of drug-likeness (QED) is 0.283. The first-order valence-electron chi connectivity index (χ1n) is 11.0. The molecule has 5 rings (SSSR count). The Hall–Kier alpha value is -4.26. The first-order valence-corrected chi connectivity index (χ1v) is 11.0. The maximum atomic E-state index is 13.5. The number of unbranched alkanes of at least 4 members (excludes halogenated alkanes) is 1. The maximum Gasteiger partial charge on any atom is 0.326 e. The summed E-state index contributed by atoms with van der Waals surface area (Å²) in [6, 6.07) is 12.9. The van der Waals surface area contributed by atoms with E-state index in [0.717, 1.165) is 34.7 Å². The van der Waals surface area contributed by atoms with Gasteiger partial charge in [0.1, 0.15) is 5.65 Å². The fraction of sp³-hybridized carbons (Fsp3) is 0.154. The van der Waals surface area contributed by atoms with E-state index in [1.807, 2.05) is 30.3 Å². The van der Waals surface area contributed by atoms with E-state index in [1.54, 1.807) is 47.7 Å². The lowest BCUT2D eigenvalue weighted by molar-refractivity contribution is 0.104. The van der Waals surface area contributed by atoms with Gasteiger partial charge >= 0.3 is 6.03 Å². The maximum absolute atomic E-state index is 13.5. The Labute approximate surface area is 190 Å². The summed E-state index contributed by atoms with van der Waals surface area (Å²) < 4.78 is 1.55. The molecule has 164 valence electrons. The molecule has 7 heteroatoms. The van der Waals surface area contributed by atoms with Crippen LogP contribution >= 0.6 is 0 Å². The fourth-order valence-corrected chi connectivity index (χ4v) is 3.94. The predicted molar refractivity (Wildman–Crippen MR) is 128 cm³/mol. The monoisotopic (exact) mass is 437 g/mol. The SMILES string of the molecule is CCCCNC(=O)n1ccc2ccc(C(=O)c3c[nH]c4ncc(-c5cccnc5)cc34)cc21. The Morgan fingerprint density at radius 2 is 2.00 bits per heavy atom. The highest BCUT2D eigenvalue weighted by atomic mass is 16.2. The van der Waals surface area contributed by atoms with Crippen molar-refractivity contribution in [1.82, 2.24) is 24.8 Å². The number of carbonyl (C=O) groups is 2. The summed E-state index contributed by atoms with van der Waals surface area (Å²) in [7, 11) is 0. The number of pyridine rings is 2. The number of carbonyl (C=O) groups excluding carboxylic acids is 2. The van der Waals surface area contributed by atoms with Crippen molar-refractivity contribution < 1.29 is 9.59 Å². The molecule has 1 amide bonds. The van der Waals surface area contributed by atoms with Gasteiger partial charge in [0.2, 0.25) is 0 Å². The van der Waals surface area contributed by atoms with Crippen LogP contribution in [0.2, 0.25) is 0 Å². The van der Waals surface area contributed by atoms with Crippen molar-refractivity contribution >= 4 is 33.8 Å². The Balaban J connectivity index is 1.51. The second-order valence-corrected chi connectivity index (χ2v) is 7.94. The van der Waals surface area contributed by atoms with Gasteiger partial charge in [0.05, 0.1) is 5.52 Å². The average molecular weight is 438 g/mol. The van der Waals surface area contributed by atoms with Gasteiger partial charge in [-0.05, 0) is 30.7 Å². The molecular formula is C26H23N5O2. The molecule has 33 heavy (non-hydrogen) atoms. The lowest BCUT2D eigenvalue weighted by atomic mass is 10.0. The molecule has 1 aromatic carbocycles. The predicted octanol–water partition coefficient (Wildman–Crippen LogP) is 5.17. The van der Waals surface area contributed by atoms with Gasteiger partial charge in [-0.25, -0.2) is 9.78 Å². The summed E-state index contributed by atoms with van der Waals surface area (Å²) in [4.78, 5) is 37.8. The van der Waals surface area contributed by atoms with Crippen molar-refractivity contribution in [3.05, 3.63) is 84.6 Å². The zero-order chi connectivity index (χ0) is 22.8. The van der Waals surface area contributed by atoms with Crippen LogP contribution in [0.15, 0.2) is 73.4 Å². The number of hydrogen-bond donors (Lipinski definition) is 2. The summed E-state index contributed by atoms with van der Waals surface area (Å²) in [6.45, 7) is 2.70. The third-order valence-electron chi connectivity index (χ3n) is 5.75. The topological polar surface area (TPSA) is 92.7 Å². The van der Waals surface area contributed by atoms with Crippen LogP contribution in [0.25, 0.3) is 33.1 Å². The Morgan fingerprint density at radius 3 is 2.82 bits per heavy atom. The average Bonchev–Trinajstić information content (AvgIpc) is 3.47. The molecule has 0 spiro atoms. The normalized spacial score (nSPS) is 11.2. The minimum Gasteiger partial charge on any atom is -0.345 e. The number of benzene rings is 1. The van der Waals surface area contributed by atoms with E-state index in [2.05, 4.69) is 27.2 Å². The molecule has 0 radical (unpaired) electrons. The van der Waals surface area contributed by atoms with E-state index >= 15 is 0 Å². The van der Waals surface area contributed by atoms with Gasteiger partial charge in [0, 0.05) is 70.6 Å². The van der Waals surface area contributed by atoms with Gasteiger partial charge in [0.25, 0.3) is 0 Å². The van der Waals surface area contributed by atoms with E-state index in [0.29, 0.717) is 28.8 Å². The molecule has 0 fully saturated rings. The molecule has 4 heterocycles. The lowest BCUT2D eigenvalue weighted by Crippen LogP contribution is -2.28. The van der Waals surface area contributed by atoms with Crippen LogP contribution < -0.4 is 5.32 Å². The number of ketones is 1. The number of amides is 1. The number of aromatic amines is 1. The van der Waals surface area contributed by atoms with E-state index < -0.39 is 0 Å². The van der Waals surface area contributed by atoms with Crippen LogP contribution in [0.5, 0.6) is 0 Å². The summed E-state index contributed by atoms with van der Waals surface area (Å²) in [5, 5.41) is 4.57. The minimum atomic E-state index is -0.194.